The Labute approximate surface area is 163 Å². The van der Waals surface area contributed by atoms with Gasteiger partial charge in [-0.05, 0) is 45.0 Å². The molecule has 0 saturated heterocycles. The van der Waals surface area contributed by atoms with Crippen LogP contribution in [0.1, 0.15) is 29.9 Å². The van der Waals surface area contributed by atoms with Crippen LogP contribution in [0, 0.1) is 6.92 Å². The molecule has 5 nitrogen and oxygen atoms in total. The topological polar surface area (TPSA) is 60.5 Å². The molecule has 140 valence electrons. The molecule has 1 aromatic heterocycles. The van der Waals surface area contributed by atoms with Crippen LogP contribution in [0.2, 0.25) is 0 Å². The number of benzene rings is 2. The molecule has 0 aliphatic heterocycles. The lowest BCUT2D eigenvalue weighted by Crippen LogP contribution is -2.13. The van der Waals surface area contributed by atoms with Crippen molar-refractivity contribution in [2.45, 2.75) is 20.8 Å². The van der Waals surface area contributed by atoms with Crippen molar-refractivity contribution in [1.82, 2.24) is 4.98 Å². The number of carbonyl (C=O) groups is 1. The molecule has 6 heteroatoms. The zero-order valence-electron chi connectivity index (χ0n) is 15.6. The first-order valence-electron chi connectivity index (χ1n) is 8.84. The van der Waals surface area contributed by atoms with Crippen molar-refractivity contribution >= 4 is 22.9 Å². The number of anilines is 1. The van der Waals surface area contributed by atoms with E-state index in [1.807, 2.05) is 44.4 Å². The monoisotopic (exact) mass is 382 g/mol. The molecule has 0 atom stereocenters. The molecule has 0 fully saturated rings. The summed E-state index contributed by atoms with van der Waals surface area (Å²) in [6, 6.07) is 12.8. The van der Waals surface area contributed by atoms with Crippen LogP contribution in [-0.4, -0.2) is 24.1 Å². The number of aryl methyl sites for hydroxylation is 1. The van der Waals surface area contributed by atoms with Crippen LogP contribution < -0.4 is 14.8 Å². The molecule has 0 spiro atoms. The number of carbonyl (C=O) groups excluding carboxylic acids is 1. The van der Waals surface area contributed by atoms with Crippen molar-refractivity contribution in [3.8, 4) is 22.1 Å². The number of aromatic nitrogens is 1. The molecule has 0 bridgehead atoms. The lowest BCUT2D eigenvalue weighted by molar-refractivity contribution is 0.102. The molecule has 0 aliphatic rings. The Kier molecular flexibility index (Phi) is 6.08. The van der Waals surface area contributed by atoms with Gasteiger partial charge in [0.15, 0.2) is 0 Å². The van der Waals surface area contributed by atoms with E-state index in [1.165, 1.54) is 0 Å². The highest BCUT2D eigenvalue weighted by molar-refractivity contribution is 7.13. The van der Waals surface area contributed by atoms with Gasteiger partial charge in [0.25, 0.3) is 5.91 Å². The molecule has 1 heterocycles. The zero-order chi connectivity index (χ0) is 19.2. The van der Waals surface area contributed by atoms with Crippen molar-refractivity contribution in [2.24, 2.45) is 0 Å². The summed E-state index contributed by atoms with van der Waals surface area (Å²) in [4.78, 5) is 17.1. The second-order valence-corrected chi connectivity index (χ2v) is 6.71. The van der Waals surface area contributed by atoms with E-state index in [4.69, 9.17) is 9.47 Å². The number of rotatable bonds is 7. The van der Waals surface area contributed by atoms with Crippen LogP contribution in [0.4, 0.5) is 5.69 Å². The quantitative estimate of drug-likeness (QED) is 0.612. The van der Waals surface area contributed by atoms with Gasteiger partial charge in [0.2, 0.25) is 0 Å². The van der Waals surface area contributed by atoms with E-state index in [0.29, 0.717) is 36.0 Å². The van der Waals surface area contributed by atoms with Gasteiger partial charge in [0.05, 0.1) is 18.9 Å². The first kappa shape index (κ1) is 18.9. The van der Waals surface area contributed by atoms with E-state index < -0.39 is 0 Å². The zero-order valence-corrected chi connectivity index (χ0v) is 16.4. The summed E-state index contributed by atoms with van der Waals surface area (Å²) in [5, 5.41) is 5.87. The minimum Gasteiger partial charge on any atom is -0.494 e. The Morgan fingerprint density at radius 3 is 2.44 bits per heavy atom. The maximum atomic E-state index is 12.7. The number of ether oxygens (including phenoxy) is 2. The molecule has 0 radical (unpaired) electrons. The maximum Gasteiger partial charge on any atom is 0.255 e. The summed E-state index contributed by atoms with van der Waals surface area (Å²) in [6.07, 6.45) is 0. The number of hydrogen-bond acceptors (Lipinski definition) is 5. The second kappa shape index (κ2) is 8.68. The molecule has 2 aromatic carbocycles. The lowest BCUT2D eigenvalue weighted by Gasteiger charge is -2.13. The molecule has 1 N–H and O–H groups in total. The van der Waals surface area contributed by atoms with Crippen molar-refractivity contribution in [3.63, 3.8) is 0 Å². The smallest absolute Gasteiger partial charge is 0.255 e. The van der Waals surface area contributed by atoms with Gasteiger partial charge in [-0.15, -0.1) is 11.3 Å². The molecular formula is C21H22N2O3S. The molecular weight excluding hydrogens is 360 g/mol. The molecule has 27 heavy (non-hydrogen) atoms. The predicted molar refractivity (Wildman–Crippen MR) is 109 cm³/mol. The highest BCUT2D eigenvalue weighted by Gasteiger charge is 2.12. The van der Waals surface area contributed by atoms with E-state index in [-0.39, 0.29) is 5.91 Å². The van der Waals surface area contributed by atoms with Crippen molar-refractivity contribution in [3.05, 3.63) is 59.1 Å². The van der Waals surface area contributed by atoms with Gasteiger partial charge in [-0.3, -0.25) is 4.79 Å². The first-order valence-corrected chi connectivity index (χ1v) is 9.72. The fourth-order valence-electron chi connectivity index (χ4n) is 2.59. The third-order valence-corrected chi connectivity index (χ3v) is 4.83. The Bertz CT molecular complexity index is 919. The predicted octanol–water partition coefficient (Wildman–Crippen LogP) is 5.17. The summed E-state index contributed by atoms with van der Waals surface area (Å²) in [5.41, 5.74) is 3.15. The summed E-state index contributed by atoms with van der Waals surface area (Å²) in [6.45, 7) is 6.85. The summed E-state index contributed by atoms with van der Waals surface area (Å²) < 4.78 is 11.1. The second-order valence-electron chi connectivity index (χ2n) is 5.85. The van der Waals surface area contributed by atoms with Crippen LogP contribution in [0.3, 0.4) is 0 Å². The Hall–Kier alpha value is -2.86. The molecule has 3 aromatic rings. The minimum absolute atomic E-state index is 0.202. The molecule has 1 amide bonds. The van der Waals surface area contributed by atoms with Crippen LogP contribution in [0.5, 0.6) is 11.5 Å². The van der Waals surface area contributed by atoms with Gasteiger partial charge >= 0.3 is 0 Å². The number of nitrogens with zero attached hydrogens (tertiary/aromatic N) is 1. The van der Waals surface area contributed by atoms with Crippen LogP contribution >= 0.6 is 11.3 Å². The van der Waals surface area contributed by atoms with Gasteiger partial charge in [-0.1, -0.05) is 12.1 Å². The number of nitrogens with one attached hydrogen (secondary N) is 1. The fourth-order valence-corrected chi connectivity index (χ4v) is 3.39. The summed E-state index contributed by atoms with van der Waals surface area (Å²) in [7, 11) is 0. The highest BCUT2D eigenvalue weighted by Crippen LogP contribution is 2.30. The van der Waals surface area contributed by atoms with Gasteiger partial charge in [0.1, 0.15) is 16.5 Å². The van der Waals surface area contributed by atoms with Gasteiger partial charge in [-0.2, -0.15) is 0 Å². The summed E-state index contributed by atoms with van der Waals surface area (Å²) in [5.74, 6) is 1.10. The first-order chi connectivity index (χ1) is 13.1. The van der Waals surface area contributed by atoms with E-state index in [2.05, 4.69) is 10.3 Å². The lowest BCUT2D eigenvalue weighted by atomic mass is 10.1. The number of hydrogen-bond donors (Lipinski definition) is 1. The van der Waals surface area contributed by atoms with Crippen LogP contribution in [0.25, 0.3) is 10.6 Å². The highest BCUT2D eigenvalue weighted by atomic mass is 32.1. The SMILES string of the molecule is CCOc1ccc(OCC)c(NC(=O)c2ccc(-c3nc(C)cs3)cc2)c1. The largest absolute Gasteiger partial charge is 0.494 e. The van der Waals surface area contributed by atoms with Crippen molar-refractivity contribution in [2.75, 3.05) is 18.5 Å². The molecule has 3 rings (SSSR count). The van der Waals surface area contributed by atoms with Crippen LogP contribution in [0.15, 0.2) is 47.8 Å². The van der Waals surface area contributed by atoms with E-state index >= 15 is 0 Å². The molecule has 0 unspecified atom stereocenters. The molecule has 0 saturated carbocycles. The fraction of sp³-hybridized carbons (Fsp3) is 0.238. The Morgan fingerprint density at radius 1 is 1.07 bits per heavy atom. The average molecular weight is 382 g/mol. The molecule has 0 aliphatic carbocycles. The standard InChI is InChI=1S/C21H22N2O3S/c1-4-25-17-10-11-19(26-5-2)18(12-17)23-20(24)15-6-8-16(9-7-15)21-22-14(3)13-27-21/h6-13H,4-5H2,1-3H3,(H,23,24). The number of amides is 1. The van der Waals surface area contributed by atoms with Gasteiger partial charge in [-0.25, -0.2) is 4.98 Å². The minimum atomic E-state index is -0.202. The summed E-state index contributed by atoms with van der Waals surface area (Å²) >= 11 is 1.59. The van der Waals surface area contributed by atoms with E-state index in [0.717, 1.165) is 16.3 Å². The van der Waals surface area contributed by atoms with Crippen molar-refractivity contribution in [1.29, 1.82) is 0 Å². The Morgan fingerprint density at radius 2 is 1.81 bits per heavy atom. The average Bonchev–Trinajstić information content (AvgIpc) is 3.11. The Balaban J connectivity index is 1.79. The van der Waals surface area contributed by atoms with E-state index in [1.54, 1.807) is 35.6 Å². The third kappa shape index (κ3) is 4.65. The van der Waals surface area contributed by atoms with Crippen molar-refractivity contribution < 1.29 is 14.3 Å². The van der Waals surface area contributed by atoms with E-state index in [9.17, 15) is 4.79 Å². The third-order valence-electron chi connectivity index (χ3n) is 3.82. The van der Waals surface area contributed by atoms with Crippen LogP contribution in [-0.2, 0) is 0 Å². The van der Waals surface area contributed by atoms with Gasteiger partial charge < -0.3 is 14.8 Å². The number of thiazole rings is 1. The maximum absolute atomic E-state index is 12.7. The van der Waals surface area contributed by atoms with Gasteiger partial charge in [0, 0.05) is 28.3 Å². The normalized spacial score (nSPS) is 10.5.